The first kappa shape index (κ1) is 18.0. The second-order valence-corrected chi connectivity index (χ2v) is 6.90. The van der Waals surface area contributed by atoms with E-state index in [-0.39, 0.29) is 31.0 Å². The molecule has 0 aromatic rings. The van der Waals surface area contributed by atoms with E-state index >= 15 is 0 Å². The number of carbonyl (C=O) groups is 1. The lowest BCUT2D eigenvalue weighted by atomic mass is 9.67. The number of rotatable bonds is 4. The number of amides is 1. The summed E-state index contributed by atoms with van der Waals surface area (Å²) in [6.07, 6.45) is 7.79. The summed E-state index contributed by atoms with van der Waals surface area (Å²) < 4.78 is 11.0. The van der Waals surface area contributed by atoms with E-state index < -0.39 is 0 Å². The van der Waals surface area contributed by atoms with Crippen molar-refractivity contribution in [1.82, 2.24) is 5.32 Å². The fourth-order valence-corrected chi connectivity index (χ4v) is 4.29. The quantitative estimate of drug-likeness (QED) is 0.820. The molecule has 1 amide bonds. The third-order valence-corrected chi connectivity index (χ3v) is 5.32. The van der Waals surface area contributed by atoms with Gasteiger partial charge in [0.1, 0.15) is 6.61 Å². The van der Waals surface area contributed by atoms with E-state index in [0.717, 1.165) is 38.9 Å². The van der Waals surface area contributed by atoms with Crippen molar-refractivity contribution in [2.45, 2.75) is 63.1 Å². The van der Waals surface area contributed by atoms with Gasteiger partial charge < -0.3 is 20.5 Å². The third kappa shape index (κ3) is 4.57. The summed E-state index contributed by atoms with van der Waals surface area (Å²) >= 11 is 0. The molecule has 6 heteroatoms. The number of nitrogens with two attached hydrogens (primary N) is 1. The van der Waals surface area contributed by atoms with Crippen LogP contribution >= 0.6 is 12.4 Å². The molecule has 128 valence electrons. The highest BCUT2D eigenvalue weighted by atomic mass is 35.5. The van der Waals surface area contributed by atoms with Crippen molar-refractivity contribution in [3.8, 4) is 0 Å². The summed E-state index contributed by atoms with van der Waals surface area (Å²) in [6, 6.07) is 0.649. The van der Waals surface area contributed by atoms with Gasteiger partial charge in [0, 0.05) is 25.3 Å². The largest absolute Gasteiger partial charge is 0.381 e. The third-order valence-electron chi connectivity index (χ3n) is 5.32. The highest BCUT2D eigenvalue weighted by Gasteiger charge is 2.39. The van der Waals surface area contributed by atoms with Gasteiger partial charge in [-0.1, -0.05) is 6.42 Å². The molecule has 0 aromatic carbocycles. The molecule has 3 N–H and O–H groups in total. The van der Waals surface area contributed by atoms with Crippen LogP contribution in [0, 0.1) is 11.8 Å². The van der Waals surface area contributed by atoms with E-state index in [1.165, 1.54) is 19.3 Å². The summed E-state index contributed by atoms with van der Waals surface area (Å²) in [6.45, 7) is 1.68. The van der Waals surface area contributed by atoms with Crippen molar-refractivity contribution < 1.29 is 14.3 Å². The summed E-state index contributed by atoms with van der Waals surface area (Å²) in [4.78, 5) is 12.2. The molecule has 5 nitrogen and oxygen atoms in total. The normalized spacial score (nSPS) is 35.5. The molecule has 3 fully saturated rings. The zero-order chi connectivity index (χ0) is 14.7. The topological polar surface area (TPSA) is 73.6 Å². The Labute approximate surface area is 139 Å². The molecular weight excluding hydrogens is 304 g/mol. The summed E-state index contributed by atoms with van der Waals surface area (Å²) in [5.74, 6) is 1.18. The number of halogens is 1. The zero-order valence-electron chi connectivity index (χ0n) is 13.2. The summed E-state index contributed by atoms with van der Waals surface area (Å²) in [5, 5.41) is 3.23. The van der Waals surface area contributed by atoms with E-state index in [9.17, 15) is 4.79 Å². The average molecular weight is 333 g/mol. The predicted molar refractivity (Wildman–Crippen MR) is 87.0 cm³/mol. The molecule has 1 aliphatic heterocycles. The molecular formula is C16H29ClN2O3. The van der Waals surface area contributed by atoms with Gasteiger partial charge in [0.15, 0.2) is 0 Å². The van der Waals surface area contributed by atoms with Crippen molar-refractivity contribution in [3.63, 3.8) is 0 Å². The number of fused-ring (bicyclic) bond motifs is 2. The minimum atomic E-state index is 0. The highest BCUT2D eigenvalue weighted by molar-refractivity contribution is 5.85. The van der Waals surface area contributed by atoms with Crippen LogP contribution in [0.5, 0.6) is 0 Å². The number of nitrogens with one attached hydrogen (secondary N) is 1. The first-order valence-electron chi connectivity index (χ1n) is 8.46. The second-order valence-electron chi connectivity index (χ2n) is 6.90. The Morgan fingerprint density at radius 2 is 1.77 bits per heavy atom. The smallest absolute Gasteiger partial charge is 0.246 e. The fraction of sp³-hybridized carbons (Fsp3) is 0.938. The molecule has 0 spiro atoms. The molecule has 1 heterocycles. The molecule has 2 unspecified atom stereocenters. The van der Waals surface area contributed by atoms with Gasteiger partial charge in [-0.05, 0) is 50.4 Å². The molecule has 22 heavy (non-hydrogen) atoms. The van der Waals surface area contributed by atoms with Crippen LogP contribution in [0.1, 0.15) is 44.9 Å². The van der Waals surface area contributed by atoms with Gasteiger partial charge in [-0.2, -0.15) is 0 Å². The van der Waals surface area contributed by atoms with Crippen molar-refractivity contribution >= 4 is 18.3 Å². The Morgan fingerprint density at radius 1 is 1.14 bits per heavy atom. The van der Waals surface area contributed by atoms with Crippen LogP contribution in [-0.2, 0) is 14.3 Å². The van der Waals surface area contributed by atoms with Crippen molar-refractivity contribution in [2.24, 2.45) is 17.6 Å². The van der Waals surface area contributed by atoms with Gasteiger partial charge in [0.25, 0.3) is 0 Å². The van der Waals surface area contributed by atoms with Crippen LogP contribution in [-0.4, -0.2) is 43.9 Å². The maximum Gasteiger partial charge on any atom is 0.246 e. The number of hydrogen-bond donors (Lipinski definition) is 2. The van der Waals surface area contributed by atoms with Gasteiger partial charge in [-0.15, -0.1) is 12.4 Å². The van der Waals surface area contributed by atoms with Crippen LogP contribution in [0.25, 0.3) is 0 Å². The van der Waals surface area contributed by atoms with Gasteiger partial charge in [-0.3, -0.25) is 4.79 Å². The first-order chi connectivity index (χ1) is 10.2. The van der Waals surface area contributed by atoms with Crippen molar-refractivity contribution in [3.05, 3.63) is 0 Å². The van der Waals surface area contributed by atoms with E-state index in [1.54, 1.807) is 0 Å². The number of hydrogen-bond acceptors (Lipinski definition) is 4. The molecule has 2 aliphatic carbocycles. The lowest BCUT2D eigenvalue weighted by Gasteiger charge is -2.45. The first-order valence-corrected chi connectivity index (χ1v) is 8.46. The van der Waals surface area contributed by atoms with Gasteiger partial charge in [0.05, 0.1) is 6.10 Å². The minimum Gasteiger partial charge on any atom is -0.381 e. The Hall–Kier alpha value is -0.360. The molecule has 1 saturated heterocycles. The molecule has 0 aromatic heterocycles. The zero-order valence-corrected chi connectivity index (χ0v) is 14.0. The molecule has 2 bridgehead atoms. The van der Waals surface area contributed by atoms with Crippen LogP contribution in [0.4, 0.5) is 0 Å². The van der Waals surface area contributed by atoms with Gasteiger partial charge >= 0.3 is 0 Å². The molecule has 3 rings (SSSR count). The molecule has 3 aliphatic rings. The highest BCUT2D eigenvalue weighted by Crippen LogP contribution is 2.39. The lowest BCUT2D eigenvalue weighted by molar-refractivity contribution is -0.132. The lowest BCUT2D eigenvalue weighted by Crippen LogP contribution is -2.54. The van der Waals surface area contributed by atoms with E-state index in [2.05, 4.69) is 5.32 Å². The Balaban J connectivity index is 0.00000176. The number of carbonyl (C=O) groups excluding carboxylic acids is 1. The van der Waals surface area contributed by atoms with Crippen molar-refractivity contribution in [2.75, 3.05) is 19.8 Å². The van der Waals surface area contributed by atoms with Gasteiger partial charge in [-0.25, -0.2) is 0 Å². The number of ether oxygens (including phenoxy) is 2. The van der Waals surface area contributed by atoms with Crippen LogP contribution in [0.3, 0.4) is 0 Å². The standard InChI is InChI=1S/C16H28N2O3.ClH/c17-13-8-11-2-1-3-12(9-13)16(11)18-15(19)10-21-14-4-6-20-7-5-14;/h11-14,16H,1-10,17H2,(H,18,19);1H. The summed E-state index contributed by atoms with van der Waals surface area (Å²) in [5.41, 5.74) is 6.12. The Kier molecular flexibility index (Phi) is 6.93. The van der Waals surface area contributed by atoms with Crippen LogP contribution < -0.4 is 11.1 Å². The Bertz CT molecular complexity index is 349. The molecule has 2 atom stereocenters. The van der Waals surface area contributed by atoms with E-state index in [0.29, 0.717) is 23.9 Å². The second kappa shape index (κ2) is 8.48. The maximum absolute atomic E-state index is 12.2. The molecule has 0 radical (unpaired) electrons. The molecule has 2 saturated carbocycles. The van der Waals surface area contributed by atoms with E-state index in [4.69, 9.17) is 15.2 Å². The van der Waals surface area contributed by atoms with Crippen LogP contribution in [0.15, 0.2) is 0 Å². The monoisotopic (exact) mass is 332 g/mol. The maximum atomic E-state index is 12.2. The minimum absolute atomic E-state index is 0. The SMILES string of the molecule is Cl.NC1CC2CCCC(C1)C2NC(=O)COC1CCOCC1. The predicted octanol–water partition coefficient (Wildman–Crippen LogP) is 1.63. The van der Waals surface area contributed by atoms with Crippen LogP contribution in [0.2, 0.25) is 0 Å². The Morgan fingerprint density at radius 3 is 2.41 bits per heavy atom. The van der Waals surface area contributed by atoms with E-state index in [1.807, 2.05) is 0 Å². The fourth-order valence-electron chi connectivity index (χ4n) is 4.29. The van der Waals surface area contributed by atoms with Crippen molar-refractivity contribution in [1.29, 1.82) is 0 Å². The average Bonchev–Trinajstić information content (AvgIpc) is 2.47. The summed E-state index contributed by atoms with van der Waals surface area (Å²) in [7, 11) is 0. The van der Waals surface area contributed by atoms with Gasteiger partial charge in [0.2, 0.25) is 5.91 Å².